The predicted molar refractivity (Wildman–Crippen MR) is 130 cm³/mol. The number of benzene rings is 2. The number of piperazine rings is 1. The zero-order valence-electron chi connectivity index (χ0n) is 17.3. The number of rotatable bonds is 5. The van der Waals surface area contributed by atoms with Gasteiger partial charge in [-0.05, 0) is 36.4 Å². The van der Waals surface area contributed by atoms with Gasteiger partial charge in [-0.25, -0.2) is 0 Å². The number of amides is 2. The summed E-state index contributed by atoms with van der Waals surface area (Å²) in [6, 6.07) is 18.0. The summed E-state index contributed by atoms with van der Waals surface area (Å²) in [5, 5.41) is 1.18. The fourth-order valence-corrected chi connectivity index (χ4v) is 5.43. The third-order valence-corrected chi connectivity index (χ3v) is 7.18. The molecule has 0 spiro atoms. The molecule has 0 radical (unpaired) electrons. The van der Waals surface area contributed by atoms with Crippen LogP contribution in [0.3, 0.4) is 0 Å². The first-order valence-corrected chi connectivity index (χ1v) is 11.9. The lowest BCUT2D eigenvalue weighted by Gasteiger charge is -2.36. The molecule has 1 unspecified atom stereocenters. The van der Waals surface area contributed by atoms with Crippen LogP contribution in [0.1, 0.15) is 15.2 Å². The van der Waals surface area contributed by atoms with Crippen molar-refractivity contribution in [2.24, 2.45) is 5.73 Å². The minimum atomic E-state index is -0.626. The van der Waals surface area contributed by atoms with Gasteiger partial charge in [0.2, 0.25) is 5.91 Å². The van der Waals surface area contributed by atoms with E-state index >= 15 is 0 Å². The third-order valence-electron chi connectivity index (χ3n) is 5.50. The van der Waals surface area contributed by atoms with E-state index in [1.54, 1.807) is 33.3 Å². The van der Waals surface area contributed by atoms with Crippen LogP contribution in [0, 0.1) is 0 Å². The Balaban J connectivity index is 1.33. The number of thiophene rings is 1. The molecule has 1 fully saturated rings. The minimum absolute atomic E-state index is 0.00558. The molecular formula is C24H23Cl2N3O2S. The molecule has 0 aliphatic carbocycles. The molecule has 4 rings (SSSR count). The molecule has 1 aliphatic rings. The second-order valence-corrected chi connectivity index (χ2v) is 9.70. The number of nitrogens with zero attached hydrogens (tertiary/aromatic N) is 2. The lowest BCUT2D eigenvalue weighted by molar-refractivity contribution is -0.134. The van der Waals surface area contributed by atoms with E-state index in [0.717, 1.165) is 15.3 Å². The Bertz CT molecular complexity index is 1110. The zero-order chi connectivity index (χ0) is 22.7. The van der Waals surface area contributed by atoms with Crippen molar-refractivity contribution in [1.29, 1.82) is 0 Å². The van der Waals surface area contributed by atoms with E-state index in [2.05, 4.69) is 0 Å². The topological polar surface area (TPSA) is 66.6 Å². The van der Waals surface area contributed by atoms with Crippen molar-refractivity contribution in [3.8, 4) is 10.4 Å². The van der Waals surface area contributed by atoms with Gasteiger partial charge in [-0.15, -0.1) is 11.3 Å². The van der Waals surface area contributed by atoms with Gasteiger partial charge in [0.15, 0.2) is 0 Å². The maximum Gasteiger partial charge on any atom is 0.253 e. The number of halogens is 2. The first kappa shape index (κ1) is 22.8. The number of carbonyl (C=O) groups excluding carboxylic acids is 2. The van der Waals surface area contributed by atoms with Gasteiger partial charge in [0.05, 0.1) is 11.1 Å². The number of carbonyl (C=O) groups is 2. The summed E-state index contributed by atoms with van der Waals surface area (Å²) < 4.78 is 0. The van der Waals surface area contributed by atoms with Crippen LogP contribution in [0.25, 0.3) is 10.4 Å². The van der Waals surface area contributed by atoms with E-state index in [4.69, 9.17) is 28.9 Å². The highest BCUT2D eigenvalue weighted by molar-refractivity contribution is 7.15. The number of hydrogen-bond acceptors (Lipinski definition) is 4. The van der Waals surface area contributed by atoms with Crippen molar-refractivity contribution in [2.75, 3.05) is 26.2 Å². The van der Waals surface area contributed by atoms with Crippen molar-refractivity contribution in [3.63, 3.8) is 0 Å². The average molecular weight is 488 g/mol. The van der Waals surface area contributed by atoms with Crippen LogP contribution < -0.4 is 5.73 Å². The summed E-state index contributed by atoms with van der Waals surface area (Å²) >= 11 is 13.9. The Morgan fingerprint density at radius 1 is 0.938 bits per heavy atom. The molecule has 3 aromatic rings. The largest absolute Gasteiger partial charge is 0.338 e. The van der Waals surface area contributed by atoms with Crippen LogP contribution in [0.15, 0.2) is 60.7 Å². The maximum absolute atomic E-state index is 12.9. The van der Waals surface area contributed by atoms with Crippen molar-refractivity contribution >= 4 is 46.4 Å². The lowest BCUT2D eigenvalue weighted by Crippen LogP contribution is -2.54. The van der Waals surface area contributed by atoms with Crippen molar-refractivity contribution in [1.82, 2.24) is 9.80 Å². The summed E-state index contributed by atoms with van der Waals surface area (Å²) in [5.41, 5.74) is 7.83. The molecule has 5 nitrogen and oxygen atoms in total. The monoisotopic (exact) mass is 487 g/mol. The quantitative estimate of drug-likeness (QED) is 0.572. The van der Waals surface area contributed by atoms with Crippen LogP contribution >= 0.6 is 34.5 Å². The van der Waals surface area contributed by atoms with Gasteiger partial charge in [0.25, 0.3) is 5.91 Å². The first-order valence-electron chi connectivity index (χ1n) is 10.3. The van der Waals surface area contributed by atoms with Crippen LogP contribution in [-0.4, -0.2) is 53.8 Å². The van der Waals surface area contributed by atoms with Gasteiger partial charge in [0, 0.05) is 58.5 Å². The highest BCUT2D eigenvalue weighted by Crippen LogP contribution is 2.35. The molecule has 32 heavy (non-hydrogen) atoms. The second kappa shape index (κ2) is 10.0. The van der Waals surface area contributed by atoms with Crippen molar-refractivity contribution in [3.05, 3.63) is 81.1 Å². The van der Waals surface area contributed by atoms with Gasteiger partial charge < -0.3 is 15.5 Å². The average Bonchev–Trinajstić information content (AvgIpc) is 3.26. The van der Waals surface area contributed by atoms with E-state index in [-0.39, 0.29) is 11.8 Å². The molecule has 1 atom stereocenters. The third kappa shape index (κ3) is 5.15. The normalized spacial score (nSPS) is 15.0. The smallest absolute Gasteiger partial charge is 0.253 e. The molecule has 2 amide bonds. The van der Waals surface area contributed by atoms with Crippen LogP contribution in [0.5, 0.6) is 0 Å². The van der Waals surface area contributed by atoms with Crippen LogP contribution in [0.2, 0.25) is 10.0 Å². The maximum atomic E-state index is 12.9. The molecule has 2 aromatic carbocycles. The summed E-state index contributed by atoms with van der Waals surface area (Å²) in [5.74, 6) is -0.0924. The molecule has 1 aromatic heterocycles. The molecule has 0 saturated carbocycles. The molecule has 2 heterocycles. The Hall–Kier alpha value is -2.38. The van der Waals surface area contributed by atoms with Gasteiger partial charge >= 0.3 is 0 Å². The fraction of sp³-hybridized carbons (Fsp3) is 0.250. The zero-order valence-corrected chi connectivity index (χ0v) is 19.7. The molecule has 2 N–H and O–H groups in total. The Labute approximate surface area is 201 Å². The van der Waals surface area contributed by atoms with Crippen LogP contribution in [0.4, 0.5) is 0 Å². The molecule has 1 aliphatic heterocycles. The summed E-state index contributed by atoms with van der Waals surface area (Å²) in [4.78, 5) is 31.0. The molecule has 166 valence electrons. The van der Waals surface area contributed by atoms with E-state index in [1.165, 1.54) is 0 Å². The fourth-order valence-electron chi connectivity index (χ4n) is 3.75. The van der Waals surface area contributed by atoms with Crippen LogP contribution in [-0.2, 0) is 11.2 Å². The van der Waals surface area contributed by atoms with Gasteiger partial charge in [-0.1, -0.05) is 47.5 Å². The first-order chi connectivity index (χ1) is 15.4. The van der Waals surface area contributed by atoms with Gasteiger partial charge in [0.1, 0.15) is 0 Å². The molecule has 1 saturated heterocycles. The van der Waals surface area contributed by atoms with E-state index in [0.29, 0.717) is 48.2 Å². The standard InChI is InChI=1S/C24H23Cl2N3O2S/c25-17-6-8-19(20(26)14-17)22-9-7-18(32-22)15-21(27)24(31)29-12-10-28(11-13-29)23(30)16-4-2-1-3-5-16/h1-9,14,21H,10-13,15,27H2. The van der Waals surface area contributed by atoms with E-state index in [1.807, 2.05) is 48.5 Å². The molecule has 8 heteroatoms. The van der Waals surface area contributed by atoms with Gasteiger partial charge in [-0.2, -0.15) is 0 Å². The number of hydrogen-bond donors (Lipinski definition) is 1. The van der Waals surface area contributed by atoms with E-state index < -0.39 is 6.04 Å². The van der Waals surface area contributed by atoms with E-state index in [9.17, 15) is 9.59 Å². The predicted octanol–water partition coefficient (Wildman–Crippen LogP) is 4.58. The Morgan fingerprint density at radius 3 is 2.31 bits per heavy atom. The summed E-state index contributed by atoms with van der Waals surface area (Å²) in [6.45, 7) is 1.98. The number of nitrogens with two attached hydrogens (primary N) is 1. The SMILES string of the molecule is NC(Cc1ccc(-c2ccc(Cl)cc2Cl)s1)C(=O)N1CCN(C(=O)c2ccccc2)CC1. The lowest BCUT2D eigenvalue weighted by atomic mass is 10.1. The minimum Gasteiger partial charge on any atom is -0.338 e. The second-order valence-electron chi connectivity index (χ2n) is 7.68. The molecule has 0 bridgehead atoms. The summed E-state index contributed by atoms with van der Waals surface area (Å²) in [6.07, 6.45) is 0.456. The van der Waals surface area contributed by atoms with Crippen molar-refractivity contribution in [2.45, 2.75) is 12.5 Å². The molecular weight excluding hydrogens is 465 g/mol. The highest BCUT2D eigenvalue weighted by atomic mass is 35.5. The Morgan fingerprint density at radius 2 is 1.62 bits per heavy atom. The Kier molecular flexibility index (Phi) is 7.16. The van der Waals surface area contributed by atoms with Gasteiger partial charge in [-0.3, -0.25) is 9.59 Å². The summed E-state index contributed by atoms with van der Waals surface area (Å²) in [7, 11) is 0. The highest BCUT2D eigenvalue weighted by Gasteiger charge is 2.28. The van der Waals surface area contributed by atoms with Crippen molar-refractivity contribution < 1.29 is 9.59 Å².